The van der Waals surface area contributed by atoms with Crippen LogP contribution < -0.4 is 9.80 Å². The van der Waals surface area contributed by atoms with Gasteiger partial charge in [-0.15, -0.1) is 0 Å². The summed E-state index contributed by atoms with van der Waals surface area (Å²) in [5, 5.41) is 0. The van der Waals surface area contributed by atoms with Crippen LogP contribution in [0.3, 0.4) is 0 Å². The van der Waals surface area contributed by atoms with Gasteiger partial charge in [0, 0.05) is 39.5 Å². The van der Waals surface area contributed by atoms with Crippen molar-refractivity contribution in [2.45, 2.75) is 26.2 Å². The quantitative estimate of drug-likeness (QED) is 0.135. The van der Waals surface area contributed by atoms with Gasteiger partial charge in [-0.25, -0.2) is 0 Å². The Balaban J connectivity index is 0.958. The number of aryl methyl sites for hydroxylation is 1. The molecule has 10 aromatic rings. The molecule has 316 valence electrons. The molecule has 10 aromatic carbocycles. The molecule has 0 fully saturated rings. The average Bonchev–Trinajstić information content (AvgIpc) is 3.60. The molecular formula is C64H50N2. The van der Waals surface area contributed by atoms with Gasteiger partial charge in [0.1, 0.15) is 0 Å². The summed E-state index contributed by atoms with van der Waals surface area (Å²) in [7, 11) is 0. The Labute approximate surface area is 389 Å². The van der Waals surface area contributed by atoms with Crippen LogP contribution in [0, 0.1) is 6.92 Å². The molecule has 0 spiro atoms. The molecule has 2 nitrogen and oxygen atoms in total. The summed E-state index contributed by atoms with van der Waals surface area (Å²) in [5.41, 5.74) is 22.6. The highest BCUT2D eigenvalue weighted by Gasteiger charge is 2.37. The van der Waals surface area contributed by atoms with Crippen molar-refractivity contribution in [3.05, 3.63) is 265 Å². The van der Waals surface area contributed by atoms with Gasteiger partial charge in [0.15, 0.2) is 0 Å². The molecule has 66 heavy (non-hydrogen) atoms. The zero-order chi connectivity index (χ0) is 44.6. The second-order valence-corrected chi connectivity index (χ2v) is 17.9. The Morgan fingerprint density at radius 2 is 0.576 bits per heavy atom. The number of benzene rings is 10. The van der Waals surface area contributed by atoms with Crippen LogP contribution in [0.2, 0.25) is 0 Å². The lowest BCUT2D eigenvalue weighted by atomic mass is 9.82. The van der Waals surface area contributed by atoms with Crippen LogP contribution in [0.1, 0.15) is 30.5 Å². The normalized spacial score (nSPS) is 12.3. The van der Waals surface area contributed by atoms with Gasteiger partial charge in [-0.2, -0.15) is 0 Å². The molecule has 0 aliphatic heterocycles. The fourth-order valence-electron chi connectivity index (χ4n) is 9.83. The maximum absolute atomic E-state index is 2.43. The highest BCUT2D eigenvalue weighted by atomic mass is 15.1. The van der Waals surface area contributed by atoms with Crippen molar-refractivity contribution in [3.8, 4) is 55.6 Å². The van der Waals surface area contributed by atoms with E-state index in [1.165, 1.54) is 72.3 Å². The van der Waals surface area contributed by atoms with Crippen molar-refractivity contribution in [3.63, 3.8) is 0 Å². The van der Waals surface area contributed by atoms with E-state index in [2.05, 4.69) is 279 Å². The Bertz CT molecular complexity index is 3220. The Morgan fingerprint density at radius 3 is 1.00 bits per heavy atom. The Hall–Kier alpha value is -8.20. The van der Waals surface area contributed by atoms with E-state index in [0.717, 1.165) is 34.1 Å². The van der Waals surface area contributed by atoms with Crippen molar-refractivity contribution in [2.75, 3.05) is 9.80 Å². The van der Waals surface area contributed by atoms with E-state index in [1.807, 2.05) is 0 Å². The third-order valence-electron chi connectivity index (χ3n) is 13.3. The van der Waals surface area contributed by atoms with E-state index in [0.29, 0.717) is 0 Å². The van der Waals surface area contributed by atoms with Crippen LogP contribution in [-0.2, 0) is 5.41 Å². The molecular weight excluding hydrogens is 797 g/mol. The summed E-state index contributed by atoms with van der Waals surface area (Å²) in [6, 6.07) is 90.6. The molecule has 0 bridgehead atoms. The summed E-state index contributed by atoms with van der Waals surface area (Å²) in [4.78, 5) is 4.80. The molecule has 1 aliphatic carbocycles. The van der Waals surface area contributed by atoms with E-state index < -0.39 is 0 Å². The molecule has 0 heterocycles. The summed E-state index contributed by atoms with van der Waals surface area (Å²) in [6.07, 6.45) is 0. The van der Waals surface area contributed by atoms with E-state index in [9.17, 15) is 0 Å². The maximum Gasteiger partial charge on any atom is 0.0465 e. The van der Waals surface area contributed by atoms with E-state index in [1.54, 1.807) is 0 Å². The molecule has 0 unspecified atom stereocenters. The minimum atomic E-state index is -0.261. The predicted octanol–water partition coefficient (Wildman–Crippen LogP) is 17.9. The molecule has 0 saturated heterocycles. The van der Waals surface area contributed by atoms with Crippen molar-refractivity contribution >= 4 is 34.1 Å². The van der Waals surface area contributed by atoms with E-state index in [-0.39, 0.29) is 5.41 Å². The topological polar surface area (TPSA) is 6.48 Å². The Morgan fingerprint density at radius 1 is 0.258 bits per heavy atom. The second kappa shape index (κ2) is 17.1. The first kappa shape index (κ1) is 40.6. The van der Waals surface area contributed by atoms with Gasteiger partial charge in [-0.1, -0.05) is 184 Å². The predicted molar refractivity (Wildman–Crippen MR) is 280 cm³/mol. The third-order valence-corrected chi connectivity index (χ3v) is 13.3. The first-order valence-corrected chi connectivity index (χ1v) is 22.9. The highest BCUT2D eigenvalue weighted by molar-refractivity contribution is 5.89. The van der Waals surface area contributed by atoms with Gasteiger partial charge in [0.2, 0.25) is 0 Å². The lowest BCUT2D eigenvalue weighted by molar-refractivity contribution is 0.660. The highest BCUT2D eigenvalue weighted by Crippen LogP contribution is 2.52. The van der Waals surface area contributed by atoms with Gasteiger partial charge in [0.05, 0.1) is 0 Å². The number of anilines is 6. The van der Waals surface area contributed by atoms with Crippen LogP contribution in [0.15, 0.2) is 249 Å². The molecule has 0 amide bonds. The number of rotatable bonds is 10. The van der Waals surface area contributed by atoms with Crippen molar-refractivity contribution in [1.82, 2.24) is 0 Å². The molecule has 0 radical (unpaired) electrons. The largest absolute Gasteiger partial charge is 0.310 e. The summed E-state index contributed by atoms with van der Waals surface area (Å²) in [5.74, 6) is 0. The van der Waals surface area contributed by atoms with Gasteiger partial charge < -0.3 is 9.80 Å². The minimum Gasteiger partial charge on any atom is -0.310 e. The average molecular weight is 847 g/mol. The van der Waals surface area contributed by atoms with Crippen molar-refractivity contribution in [2.24, 2.45) is 0 Å². The number of hydrogen-bond donors (Lipinski definition) is 0. The van der Waals surface area contributed by atoms with Crippen molar-refractivity contribution < 1.29 is 0 Å². The van der Waals surface area contributed by atoms with Crippen LogP contribution >= 0.6 is 0 Å². The first-order valence-electron chi connectivity index (χ1n) is 22.9. The Kier molecular flexibility index (Phi) is 10.5. The smallest absolute Gasteiger partial charge is 0.0465 e. The zero-order valence-corrected chi connectivity index (χ0v) is 37.6. The van der Waals surface area contributed by atoms with Crippen LogP contribution in [0.25, 0.3) is 55.6 Å². The summed E-state index contributed by atoms with van der Waals surface area (Å²) >= 11 is 0. The van der Waals surface area contributed by atoms with Crippen molar-refractivity contribution in [1.29, 1.82) is 0 Å². The number of nitrogens with zero attached hydrogens (tertiary/aromatic N) is 2. The van der Waals surface area contributed by atoms with Crippen LogP contribution in [0.5, 0.6) is 0 Å². The molecule has 0 N–H and O–H groups in total. The second-order valence-electron chi connectivity index (χ2n) is 17.9. The number of fused-ring (bicyclic) bond motifs is 3. The number of hydrogen-bond acceptors (Lipinski definition) is 2. The standard InChI is InChI=1S/C64H50N2/c1-45-15-13-24-57(41-45)66(56-35-29-51(30-36-56)53-23-14-22-52(42-53)48-20-11-6-12-21-48)59-38-40-61-60-39-37-58(43-62(60)64(2,3)63(61)44-59)65(54-31-25-49(26-32-54)46-16-7-4-8-17-46)55-33-27-50(28-34-55)47-18-9-5-10-19-47/h4-44H,1-3H3. The maximum atomic E-state index is 2.43. The molecule has 0 atom stereocenters. The molecule has 11 rings (SSSR count). The zero-order valence-electron chi connectivity index (χ0n) is 37.6. The fourth-order valence-corrected chi connectivity index (χ4v) is 9.83. The lowest BCUT2D eigenvalue weighted by Crippen LogP contribution is -2.17. The molecule has 2 heteroatoms. The third kappa shape index (κ3) is 7.67. The van der Waals surface area contributed by atoms with Gasteiger partial charge in [-0.3, -0.25) is 0 Å². The monoisotopic (exact) mass is 846 g/mol. The molecule has 0 aromatic heterocycles. The van der Waals surface area contributed by atoms with Crippen LogP contribution in [0.4, 0.5) is 34.1 Å². The van der Waals surface area contributed by atoms with E-state index >= 15 is 0 Å². The first-order chi connectivity index (χ1) is 32.4. The minimum absolute atomic E-state index is 0.261. The van der Waals surface area contributed by atoms with Gasteiger partial charge in [-0.05, 0) is 158 Å². The molecule has 0 saturated carbocycles. The lowest BCUT2D eigenvalue weighted by Gasteiger charge is -2.29. The van der Waals surface area contributed by atoms with E-state index in [4.69, 9.17) is 0 Å². The van der Waals surface area contributed by atoms with Crippen LogP contribution in [-0.4, -0.2) is 0 Å². The summed E-state index contributed by atoms with van der Waals surface area (Å²) < 4.78 is 0. The summed E-state index contributed by atoms with van der Waals surface area (Å²) in [6.45, 7) is 6.94. The fraction of sp³-hybridized carbons (Fsp3) is 0.0625. The van der Waals surface area contributed by atoms with Gasteiger partial charge >= 0.3 is 0 Å². The van der Waals surface area contributed by atoms with Gasteiger partial charge in [0.25, 0.3) is 0 Å². The SMILES string of the molecule is Cc1cccc(N(c2ccc(-c3cccc(-c4ccccc4)c3)cc2)c2ccc3c(c2)C(C)(C)c2cc(N(c4ccc(-c5ccccc5)cc4)c4ccc(-c5ccccc5)cc4)ccc2-3)c1. The molecule has 1 aliphatic rings.